The van der Waals surface area contributed by atoms with Crippen LogP contribution in [0.3, 0.4) is 0 Å². The maximum atomic E-state index is 11.8. The van der Waals surface area contributed by atoms with E-state index in [-0.39, 0.29) is 11.6 Å². The van der Waals surface area contributed by atoms with E-state index < -0.39 is 0 Å². The molecule has 0 unspecified atom stereocenters. The van der Waals surface area contributed by atoms with Crippen molar-refractivity contribution in [3.63, 3.8) is 0 Å². The molecule has 1 rings (SSSR count). The number of aromatic nitrogens is 1. The van der Waals surface area contributed by atoms with Crippen molar-refractivity contribution in [2.45, 2.75) is 6.42 Å². The van der Waals surface area contributed by atoms with E-state index in [0.29, 0.717) is 24.0 Å². The number of pyridine rings is 1. The molecule has 0 aliphatic heterocycles. The van der Waals surface area contributed by atoms with E-state index in [4.69, 9.17) is 16.3 Å². The van der Waals surface area contributed by atoms with Crippen molar-refractivity contribution in [3.05, 3.63) is 22.8 Å². The highest BCUT2D eigenvalue weighted by Gasteiger charge is 2.12. The first-order chi connectivity index (χ1) is 8.19. The van der Waals surface area contributed by atoms with Crippen LogP contribution in [0.4, 0.5) is 5.82 Å². The molecular weight excluding hydrogens is 242 g/mol. The molecule has 0 spiro atoms. The standard InChI is InChI=1S/C11H16ClN3O2/c1-13-9-5-4-8(12)10(15-9)11(16)14-6-3-7-17-2/h4-5H,3,6-7H2,1-2H3,(H,13,15)(H,14,16). The van der Waals surface area contributed by atoms with Gasteiger partial charge in [0.05, 0.1) is 5.02 Å². The van der Waals surface area contributed by atoms with Gasteiger partial charge in [0.25, 0.3) is 5.91 Å². The molecule has 0 atom stereocenters. The lowest BCUT2D eigenvalue weighted by Gasteiger charge is -2.07. The van der Waals surface area contributed by atoms with Gasteiger partial charge in [-0.3, -0.25) is 4.79 Å². The Hall–Kier alpha value is -1.33. The number of amides is 1. The smallest absolute Gasteiger partial charge is 0.271 e. The number of carbonyl (C=O) groups is 1. The molecule has 17 heavy (non-hydrogen) atoms. The Bertz CT molecular complexity index is 385. The Labute approximate surface area is 106 Å². The predicted octanol–water partition coefficient (Wildman–Crippen LogP) is 1.54. The molecule has 94 valence electrons. The number of anilines is 1. The number of halogens is 1. The zero-order valence-electron chi connectivity index (χ0n) is 9.92. The Balaban J connectivity index is 2.61. The highest BCUT2D eigenvalue weighted by atomic mass is 35.5. The van der Waals surface area contributed by atoms with E-state index in [9.17, 15) is 4.79 Å². The largest absolute Gasteiger partial charge is 0.385 e. The Morgan fingerprint density at radius 1 is 1.53 bits per heavy atom. The van der Waals surface area contributed by atoms with Crippen LogP contribution < -0.4 is 10.6 Å². The van der Waals surface area contributed by atoms with Crippen LogP contribution in [0.5, 0.6) is 0 Å². The predicted molar refractivity (Wildman–Crippen MR) is 67.6 cm³/mol. The molecule has 6 heteroatoms. The van der Waals surface area contributed by atoms with Gasteiger partial charge in [0.1, 0.15) is 11.5 Å². The van der Waals surface area contributed by atoms with Crippen molar-refractivity contribution in [1.82, 2.24) is 10.3 Å². The number of nitrogens with one attached hydrogen (secondary N) is 2. The SMILES string of the molecule is CNc1ccc(Cl)c(C(=O)NCCCOC)n1. The lowest BCUT2D eigenvalue weighted by Crippen LogP contribution is -2.26. The fraction of sp³-hybridized carbons (Fsp3) is 0.455. The lowest BCUT2D eigenvalue weighted by atomic mass is 10.3. The number of ether oxygens (including phenoxy) is 1. The van der Waals surface area contributed by atoms with E-state index in [1.54, 1.807) is 26.3 Å². The summed E-state index contributed by atoms with van der Waals surface area (Å²) in [5, 5.41) is 5.93. The monoisotopic (exact) mass is 257 g/mol. The van der Waals surface area contributed by atoms with Crippen LogP contribution in [-0.4, -0.2) is 38.2 Å². The molecular formula is C11H16ClN3O2. The molecule has 0 bridgehead atoms. The Kier molecular flexibility index (Phi) is 5.72. The number of carbonyl (C=O) groups excluding carboxylic acids is 1. The summed E-state index contributed by atoms with van der Waals surface area (Å²) in [7, 11) is 3.35. The van der Waals surface area contributed by atoms with Crippen molar-refractivity contribution in [2.24, 2.45) is 0 Å². The molecule has 2 N–H and O–H groups in total. The van der Waals surface area contributed by atoms with E-state index in [0.717, 1.165) is 6.42 Å². The molecule has 0 radical (unpaired) electrons. The molecule has 0 aliphatic rings. The third-order valence-corrected chi connectivity index (χ3v) is 2.43. The second-order valence-corrected chi connectivity index (χ2v) is 3.79. The molecule has 0 aromatic carbocycles. The highest BCUT2D eigenvalue weighted by molar-refractivity contribution is 6.33. The molecule has 0 aliphatic carbocycles. The van der Waals surface area contributed by atoms with E-state index >= 15 is 0 Å². The molecule has 1 heterocycles. The van der Waals surface area contributed by atoms with Crippen LogP contribution in [0, 0.1) is 0 Å². The molecule has 1 aromatic heterocycles. The van der Waals surface area contributed by atoms with Gasteiger partial charge < -0.3 is 15.4 Å². The summed E-state index contributed by atoms with van der Waals surface area (Å²) in [6, 6.07) is 3.36. The first-order valence-electron chi connectivity index (χ1n) is 5.30. The van der Waals surface area contributed by atoms with Crippen LogP contribution in [0.1, 0.15) is 16.9 Å². The van der Waals surface area contributed by atoms with Crippen LogP contribution in [-0.2, 0) is 4.74 Å². The number of hydrogen-bond donors (Lipinski definition) is 2. The summed E-state index contributed by atoms with van der Waals surface area (Å²) in [6.45, 7) is 1.15. The summed E-state index contributed by atoms with van der Waals surface area (Å²) in [4.78, 5) is 15.9. The molecule has 0 saturated heterocycles. The van der Waals surface area contributed by atoms with Gasteiger partial charge in [-0.1, -0.05) is 11.6 Å². The van der Waals surface area contributed by atoms with Crippen LogP contribution >= 0.6 is 11.6 Å². The lowest BCUT2D eigenvalue weighted by molar-refractivity contribution is 0.0944. The second kappa shape index (κ2) is 7.09. The van der Waals surface area contributed by atoms with E-state index in [1.165, 1.54) is 0 Å². The minimum Gasteiger partial charge on any atom is -0.385 e. The molecule has 1 aromatic rings. The summed E-state index contributed by atoms with van der Waals surface area (Å²) < 4.78 is 4.89. The number of methoxy groups -OCH3 is 1. The first kappa shape index (κ1) is 13.7. The number of hydrogen-bond acceptors (Lipinski definition) is 4. The Morgan fingerprint density at radius 2 is 2.29 bits per heavy atom. The topological polar surface area (TPSA) is 63.2 Å². The van der Waals surface area contributed by atoms with Crippen molar-refractivity contribution in [1.29, 1.82) is 0 Å². The van der Waals surface area contributed by atoms with Gasteiger partial charge in [0.2, 0.25) is 0 Å². The van der Waals surface area contributed by atoms with Gasteiger partial charge >= 0.3 is 0 Å². The minimum absolute atomic E-state index is 0.232. The van der Waals surface area contributed by atoms with Gasteiger partial charge in [-0.25, -0.2) is 4.98 Å². The first-order valence-corrected chi connectivity index (χ1v) is 5.68. The van der Waals surface area contributed by atoms with Crippen molar-refractivity contribution >= 4 is 23.3 Å². The fourth-order valence-corrected chi connectivity index (χ4v) is 1.43. The van der Waals surface area contributed by atoms with Crippen LogP contribution in [0.15, 0.2) is 12.1 Å². The third kappa shape index (κ3) is 4.20. The maximum absolute atomic E-state index is 11.8. The summed E-state index contributed by atoms with van der Waals surface area (Å²) >= 11 is 5.91. The molecule has 0 saturated carbocycles. The summed E-state index contributed by atoms with van der Waals surface area (Å²) in [5.41, 5.74) is 0.232. The normalized spacial score (nSPS) is 10.1. The summed E-state index contributed by atoms with van der Waals surface area (Å²) in [6.07, 6.45) is 0.756. The van der Waals surface area contributed by atoms with Crippen molar-refractivity contribution in [2.75, 3.05) is 32.6 Å². The van der Waals surface area contributed by atoms with Crippen LogP contribution in [0.2, 0.25) is 5.02 Å². The van der Waals surface area contributed by atoms with Crippen LogP contribution in [0.25, 0.3) is 0 Å². The van der Waals surface area contributed by atoms with Gasteiger partial charge in [0.15, 0.2) is 0 Å². The van der Waals surface area contributed by atoms with Gasteiger partial charge in [-0.15, -0.1) is 0 Å². The average molecular weight is 258 g/mol. The molecule has 0 fully saturated rings. The van der Waals surface area contributed by atoms with Crippen molar-refractivity contribution < 1.29 is 9.53 Å². The Morgan fingerprint density at radius 3 is 2.94 bits per heavy atom. The molecule has 1 amide bonds. The van der Waals surface area contributed by atoms with Crippen molar-refractivity contribution in [3.8, 4) is 0 Å². The zero-order valence-corrected chi connectivity index (χ0v) is 10.7. The van der Waals surface area contributed by atoms with Gasteiger partial charge in [0, 0.05) is 27.3 Å². The average Bonchev–Trinajstić information content (AvgIpc) is 2.35. The fourth-order valence-electron chi connectivity index (χ4n) is 1.24. The molecule has 5 nitrogen and oxygen atoms in total. The maximum Gasteiger partial charge on any atom is 0.271 e. The quantitative estimate of drug-likeness (QED) is 0.759. The highest BCUT2D eigenvalue weighted by Crippen LogP contribution is 2.16. The van der Waals surface area contributed by atoms with Gasteiger partial charge in [-0.2, -0.15) is 0 Å². The second-order valence-electron chi connectivity index (χ2n) is 3.38. The summed E-state index contributed by atoms with van der Waals surface area (Å²) in [5.74, 6) is 0.333. The zero-order chi connectivity index (χ0) is 12.7. The number of rotatable bonds is 6. The minimum atomic E-state index is -0.275. The van der Waals surface area contributed by atoms with E-state index in [1.807, 2.05) is 0 Å². The third-order valence-electron chi connectivity index (χ3n) is 2.13. The number of nitrogens with zero attached hydrogens (tertiary/aromatic N) is 1. The van der Waals surface area contributed by atoms with Gasteiger partial charge in [-0.05, 0) is 18.6 Å². The van der Waals surface area contributed by atoms with E-state index in [2.05, 4.69) is 15.6 Å².